The van der Waals surface area contributed by atoms with Crippen molar-refractivity contribution < 1.29 is 4.74 Å². The number of methoxy groups -OCH3 is 1. The predicted octanol–water partition coefficient (Wildman–Crippen LogP) is 2.21. The Labute approximate surface area is 155 Å². The fourth-order valence-electron chi connectivity index (χ4n) is 3.61. The van der Waals surface area contributed by atoms with Crippen molar-refractivity contribution in [1.82, 2.24) is 30.0 Å². The van der Waals surface area contributed by atoms with Crippen LogP contribution < -0.4 is 4.74 Å². The molecule has 0 radical (unpaired) electrons. The summed E-state index contributed by atoms with van der Waals surface area (Å²) in [6.07, 6.45) is 2.20. The van der Waals surface area contributed by atoms with Gasteiger partial charge in [-0.3, -0.25) is 4.90 Å². The van der Waals surface area contributed by atoms with Crippen LogP contribution in [0.25, 0.3) is 0 Å². The minimum atomic E-state index is 0.284. The molecule has 0 amide bonds. The van der Waals surface area contributed by atoms with Crippen LogP contribution in [0.4, 0.5) is 0 Å². The van der Waals surface area contributed by atoms with Crippen molar-refractivity contribution in [3.8, 4) is 5.75 Å². The number of nitrogens with zero attached hydrogens (tertiary/aromatic N) is 6. The number of hydrogen-bond acceptors (Lipinski definition) is 6. The van der Waals surface area contributed by atoms with Crippen molar-refractivity contribution in [3.05, 3.63) is 35.7 Å². The van der Waals surface area contributed by atoms with Crippen LogP contribution in [-0.4, -0.2) is 69.8 Å². The molecule has 1 aromatic heterocycles. The first kappa shape index (κ1) is 18.8. The molecule has 1 fully saturated rings. The zero-order valence-corrected chi connectivity index (χ0v) is 16.1. The van der Waals surface area contributed by atoms with E-state index in [9.17, 15) is 0 Å². The van der Waals surface area contributed by atoms with Crippen LogP contribution in [0, 0.1) is 0 Å². The molecular weight excluding hydrogens is 328 g/mol. The van der Waals surface area contributed by atoms with Gasteiger partial charge in [0.1, 0.15) is 5.75 Å². The monoisotopic (exact) mass is 358 g/mol. The number of aromatic nitrogens is 4. The Kier molecular flexibility index (Phi) is 6.57. The van der Waals surface area contributed by atoms with Gasteiger partial charge in [-0.1, -0.05) is 32.4 Å². The average Bonchev–Trinajstić information content (AvgIpc) is 3.14. The van der Waals surface area contributed by atoms with Crippen molar-refractivity contribution in [1.29, 1.82) is 0 Å². The van der Waals surface area contributed by atoms with E-state index in [-0.39, 0.29) is 6.04 Å². The van der Waals surface area contributed by atoms with E-state index in [0.717, 1.165) is 57.1 Å². The number of tetrazole rings is 1. The molecule has 1 aliphatic heterocycles. The van der Waals surface area contributed by atoms with Crippen LogP contribution in [0.15, 0.2) is 24.3 Å². The first-order valence-electron chi connectivity index (χ1n) is 9.60. The maximum Gasteiger partial charge on any atom is 0.168 e. The Balaban J connectivity index is 1.74. The van der Waals surface area contributed by atoms with Gasteiger partial charge >= 0.3 is 0 Å². The SMILES string of the molecule is CCC[C@H](c1nnnn1Cc1ccc(OC)cc1)N1CCN(CC)CC1. The summed E-state index contributed by atoms with van der Waals surface area (Å²) in [4.78, 5) is 5.05. The lowest BCUT2D eigenvalue weighted by Crippen LogP contribution is -2.47. The van der Waals surface area contributed by atoms with Gasteiger partial charge in [0.25, 0.3) is 0 Å². The first-order chi connectivity index (χ1) is 12.7. The number of ether oxygens (including phenoxy) is 1. The zero-order valence-electron chi connectivity index (χ0n) is 16.1. The molecule has 7 heteroatoms. The number of benzene rings is 1. The Morgan fingerprint density at radius 3 is 2.42 bits per heavy atom. The van der Waals surface area contributed by atoms with Crippen LogP contribution in [-0.2, 0) is 6.54 Å². The van der Waals surface area contributed by atoms with Gasteiger partial charge < -0.3 is 9.64 Å². The molecule has 0 N–H and O–H groups in total. The fourth-order valence-corrected chi connectivity index (χ4v) is 3.61. The lowest BCUT2D eigenvalue weighted by Gasteiger charge is -2.38. The van der Waals surface area contributed by atoms with Gasteiger partial charge in [0.2, 0.25) is 0 Å². The van der Waals surface area contributed by atoms with E-state index in [1.807, 2.05) is 16.8 Å². The fraction of sp³-hybridized carbons (Fsp3) is 0.632. The second-order valence-electron chi connectivity index (χ2n) is 6.82. The standard InChI is InChI=1S/C19H30N6O/c1-4-6-18(24-13-11-23(5-2)12-14-24)19-20-21-22-25(19)15-16-7-9-17(26-3)10-8-16/h7-10,18H,4-6,11-15H2,1-3H3/t18-/m1/s1. The minimum absolute atomic E-state index is 0.284. The van der Waals surface area contributed by atoms with Crippen LogP contribution in [0.1, 0.15) is 44.1 Å². The highest BCUT2D eigenvalue weighted by Gasteiger charge is 2.28. The molecule has 26 heavy (non-hydrogen) atoms. The molecule has 0 aliphatic carbocycles. The lowest BCUT2D eigenvalue weighted by atomic mass is 10.1. The van der Waals surface area contributed by atoms with E-state index in [1.54, 1.807) is 7.11 Å². The zero-order chi connectivity index (χ0) is 18.4. The molecule has 0 unspecified atom stereocenters. The molecule has 142 valence electrons. The summed E-state index contributed by atoms with van der Waals surface area (Å²) in [6.45, 7) is 10.7. The third kappa shape index (κ3) is 4.40. The van der Waals surface area contributed by atoms with Crippen molar-refractivity contribution in [2.45, 2.75) is 39.3 Å². The Morgan fingerprint density at radius 1 is 1.08 bits per heavy atom. The quantitative estimate of drug-likeness (QED) is 0.721. The normalized spacial score (nSPS) is 17.3. The highest BCUT2D eigenvalue weighted by molar-refractivity contribution is 5.27. The first-order valence-corrected chi connectivity index (χ1v) is 9.60. The molecule has 1 aliphatic rings. The molecule has 0 spiro atoms. The second kappa shape index (κ2) is 9.09. The van der Waals surface area contributed by atoms with E-state index in [4.69, 9.17) is 4.74 Å². The summed E-state index contributed by atoms with van der Waals surface area (Å²) in [5, 5.41) is 12.7. The topological polar surface area (TPSA) is 59.3 Å². The van der Waals surface area contributed by atoms with Gasteiger partial charge in [-0.2, -0.15) is 0 Å². The van der Waals surface area contributed by atoms with E-state index >= 15 is 0 Å². The molecule has 1 atom stereocenters. The van der Waals surface area contributed by atoms with Gasteiger partial charge in [-0.05, 0) is 41.1 Å². The van der Waals surface area contributed by atoms with Gasteiger partial charge in [0, 0.05) is 26.2 Å². The number of rotatable bonds is 8. The van der Waals surface area contributed by atoms with Crippen molar-refractivity contribution in [2.24, 2.45) is 0 Å². The molecule has 2 heterocycles. The summed E-state index contributed by atoms with van der Waals surface area (Å²) >= 11 is 0. The van der Waals surface area contributed by atoms with Crippen molar-refractivity contribution in [3.63, 3.8) is 0 Å². The van der Waals surface area contributed by atoms with Crippen LogP contribution in [0.5, 0.6) is 5.75 Å². The third-order valence-corrected chi connectivity index (χ3v) is 5.21. The maximum absolute atomic E-state index is 5.24. The Hall–Kier alpha value is -1.99. The average molecular weight is 358 g/mol. The number of likely N-dealkylation sites (N-methyl/N-ethyl adjacent to an activating group) is 1. The van der Waals surface area contributed by atoms with Gasteiger partial charge in [0.15, 0.2) is 5.82 Å². The summed E-state index contributed by atoms with van der Waals surface area (Å²) in [6, 6.07) is 8.38. The molecule has 7 nitrogen and oxygen atoms in total. The van der Waals surface area contributed by atoms with E-state index < -0.39 is 0 Å². The number of piperazine rings is 1. The molecule has 1 saturated heterocycles. The highest BCUT2D eigenvalue weighted by Crippen LogP contribution is 2.25. The molecular formula is C19H30N6O. The summed E-state index contributed by atoms with van der Waals surface area (Å²) in [5.74, 6) is 1.84. The minimum Gasteiger partial charge on any atom is -0.497 e. The van der Waals surface area contributed by atoms with Crippen molar-refractivity contribution in [2.75, 3.05) is 39.8 Å². The van der Waals surface area contributed by atoms with Gasteiger partial charge in [0.05, 0.1) is 19.7 Å². The summed E-state index contributed by atoms with van der Waals surface area (Å²) < 4.78 is 7.19. The lowest BCUT2D eigenvalue weighted by molar-refractivity contribution is 0.0889. The Morgan fingerprint density at radius 2 is 1.81 bits per heavy atom. The smallest absolute Gasteiger partial charge is 0.168 e. The van der Waals surface area contributed by atoms with Crippen molar-refractivity contribution >= 4 is 0 Å². The molecule has 1 aromatic carbocycles. The molecule has 2 aromatic rings. The highest BCUT2D eigenvalue weighted by atomic mass is 16.5. The van der Waals surface area contributed by atoms with Gasteiger partial charge in [-0.15, -0.1) is 5.10 Å². The third-order valence-electron chi connectivity index (χ3n) is 5.21. The maximum atomic E-state index is 5.24. The number of hydrogen-bond donors (Lipinski definition) is 0. The second-order valence-corrected chi connectivity index (χ2v) is 6.82. The van der Waals surface area contributed by atoms with Crippen LogP contribution >= 0.6 is 0 Å². The van der Waals surface area contributed by atoms with Gasteiger partial charge in [-0.25, -0.2) is 4.68 Å². The Bertz CT molecular complexity index is 663. The predicted molar refractivity (Wildman–Crippen MR) is 101 cm³/mol. The van der Waals surface area contributed by atoms with E-state index in [0.29, 0.717) is 6.54 Å². The molecule has 0 saturated carbocycles. The van der Waals surface area contributed by atoms with Crippen LogP contribution in [0.3, 0.4) is 0 Å². The van der Waals surface area contributed by atoms with E-state index in [2.05, 4.69) is 51.3 Å². The largest absolute Gasteiger partial charge is 0.497 e. The summed E-state index contributed by atoms with van der Waals surface area (Å²) in [7, 11) is 1.68. The van der Waals surface area contributed by atoms with Crippen LogP contribution in [0.2, 0.25) is 0 Å². The molecule has 0 bridgehead atoms. The summed E-state index contributed by atoms with van der Waals surface area (Å²) in [5.41, 5.74) is 1.17. The molecule has 3 rings (SSSR count). The van der Waals surface area contributed by atoms with E-state index in [1.165, 1.54) is 5.56 Å².